The molecule has 6 heteroatoms. The summed E-state index contributed by atoms with van der Waals surface area (Å²) in [4.78, 5) is 13.7. The molecule has 1 aliphatic rings. The highest BCUT2D eigenvalue weighted by molar-refractivity contribution is 5.81. The molecule has 0 unspecified atom stereocenters. The summed E-state index contributed by atoms with van der Waals surface area (Å²) in [5.41, 5.74) is 0.985. The second-order valence-corrected chi connectivity index (χ2v) is 6.85. The molecule has 6 nitrogen and oxygen atoms in total. The number of aliphatic hydroxyl groups excluding tert-OH is 1. The maximum absolute atomic E-state index is 11.5. The van der Waals surface area contributed by atoms with Gasteiger partial charge in [0.25, 0.3) is 0 Å². The highest BCUT2D eigenvalue weighted by Gasteiger charge is 2.24. The Hall–Kier alpha value is -1.89. The molecule has 0 radical (unpaired) electrons. The second-order valence-electron chi connectivity index (χ2n) is 6.85. The first-order chi connectivity index (χ1) is 11.9. The van der Waals surface area contributed by atoms with Gasteiger partial charge < -0.3 is 19.0 Å². The van der Waals surface area contributed by atoms with Crippen LogP contribution in [0.3, 0.4) is 0 Å². The molecule has 1 saturated heterocycles. The molecule has 136 valence electrons. The number of aryl methyl sites for hydroxylation is 1. The summed E-state index contributed by atoms with van der Waals surface area (Å²) in [6.07, 6.45) is -0.260. The Bertz CT molecular complexity index is 777. The van der Waals surface area contributed by atoms with Crippen molar-refractivity contribution in [3.8, 4) is 5.75 Å². The number of benzene rings is 1. The van der Waals surface area contributed by atoms with Crippen LogP contribution in [-0.4, -0.2) is 54.6 Å². The molecule has 2 aromatic rings. The van der Waals surface area contributed by atoms with Gasteiger partial charge in [-0.2, -0.15) is 0 Å². The zero-order chi connectivity index (χ0) is 18.0. The van der Waals surface area contributed by atoms with Crippen LogP contribution in [0.15, 0.2) is 33.5 Å². The third kappa shape index (κ3) is 4.60. The molecule has 2 heterocycles. The smallest absolute Gasteiger partial charge is 0.336 e. The monoisotopic (exact) mass is 347 g/mol. The number of hydrogen-bond acceptors (Lipinski definition) is 6. The van der Waals surface area contributed by atoms with Crippen molar-refractivity contribution in [2.75, 3.05) is 26.2 Å². The van der Waals surface area contributed by atoms with Crippen molar-refractivity contribution in [3.63, 3.8) is 0 Å². The summed E-state index contributed by atoms with van der Waals surface area (Å²) in [6.45, 7) is 8.28. The molecule has 0 amide bonds. The van der Waals surface area contributed by atoms with E-state index in [-0.39, 0.29) is 24.4 Å². The van der Waals surface area contributed by atoms with Gasteiger partial charge >= 0.3 is 5.63 Å². The zero-order valence-electron chi connectivity index (χ0n) is 14.9. The minimum Gasteiger partial charge on any atom is -0.491 e. The molecule has 0 bridgehead atoms. The van der Waals surface area contributed by atoms with E-state index in [1.165, 1.54) is 6.07 Å². The topological polar surface area (TPSA) is 72.1 Å². The SMILES string of the molecule is Cc1cc(=O)oc2cc(OC[C@H](O)CN3C[C@H](C)O[C@@H](C)C3)ccc12. The van der Waals surface area contributed by atoms with Gasteiger partial charge in [-0.1, -0.05) is 0 Å². The molecule has 1 N–H and O–H groups in total. The van der Waals surface area contributed by atoms with E-state index >= 15 is 0 Å². The maximum atomic E-state index is 11.5. The molecule has 0 aliphatic carbocycles. The number of rotatable bonds is 5. The minimum absolute atomic E-state index is 0.170. The molecule has 3 rings (SSSR count). The number of ether oxygens (including phenoxy) is 2. The van der Waals surface area contributed by atoms with Crippen molar-refractivity contribution in [2.45, 2.75) is 39.1 Å². The van der Waals surface area contributed by atoms with Crippen LogP contribution in [0, 0.1) is 6.92 Å². The van der Waals surface area contributed by atoms with Crippen molar-refractivity contribution in [2.24, 2.45) is 0 Å². The molecular formula is C19H25NO5. The Morgan fingerprint density at radius 3 is 2.72 bits per heavy atom. The number of β-amino-alcohol motifs (C(OH)–C–C–N with tert-alkyl or cyclic N) is 1. The standard InChI is InChI=1S/C19H25NO5/c1-12-6-19(22)25-18-7-16(4-5-17(12)18)23-11-15(21)10-20-8-13(2)24-14(3)9-20/h4-7,13-15,21H,8-11H2,1-3H3/t13-,14-,15+/m0/s1. The molecule has 1 fully saturated rings. The minimum atomic E-state index is -0.599. The van der Waals surface area contributed by atoms with E-state index in [2.05, 4.69) is 4.90 Å². The van der Waals surface area contributed by atoms with Crippen LogP contribution >= 0.6 is 0 Å². The molecule has 1 aromatic heterocycles. The fourth-order valence-electron chi connectivity index (χ4n) is 3.37. The number of fused-ring (bicyclic) bond motifs is 1. The molecule has 25 heavy (non-hydrogen) atoms. The first-order valence-electron chi connectivity index (χ1n) is 8.64. The Balaban J connectivity index is 1.59. The van der Waals surface area contributed by atoms with Gasteiger partial charge in [0.2, 0.25) is 0 Å². The number of morpholine rings is 1. The molecular weight excluding hydrogens is 322 g/mol. The molecule has 0 spiro atoms. The Labute approximate surface area is 147 Å². The van der Waals surface area contributed by atoms with Gasteiger partial charge in [-0.15, -0.1) is 0 Å². The first kappa shape index (κ1) is 17.9. The highest BCUT2D eigenvalue weighted by Crippen LogP contribution is 2.22. The number of hydrogen-bond donors (Lipinski definition) is 1. The van der Waals surface area contributed by atoms with Gasteiger partial charge in [-0.05, 0) is 38.5 Å². The molecule has 1 aliphatic heterocycles. The highest BCUT2D eigenvalue weighted by atomic mass is 16.5. The van der Waals surface area contributed by atoms with E-state index in [0.717, 1.165) is 24.0 Å². The average Bonchev–Trinajstić information content (AvgIpc) is 2.51. The van der Waals surface area contributed by atoms with Gasteiger partial charge in [-0.3, -0.25) is 4.90 Å². The Morgan fingerprint density at radius 1 is 1.28 bits per heavy atom. The summed E-state index contributed by atoms with van der Waals surface area (Å²) in [6, 6.07) is 6.84. The lowest BCUT2D eigenvalue weighted by Gasteiger charge is -2.36. The lowest BCUT2D eigenvalue weighted by molar-refractivity contribution is -0.0786. The predicted molar refractivity (Wildman–Crippen MR) is 95.2 cm³/mol. The van der Waals surface area contributed by atoms with Crippen LogP contribution in [0.2, 0.25) is 0 Å². The van der Waals surface area contributed by atoms with Crippen molar-refractivity contribution in [1.29, 1.82) is 0 Å². The molecule has 1 aromatic carbocycles. The average molecular weight is 347 g/mol. The summed E-state index contributed by atoms with van der Waals surface area (Å²) in [5, 5.41) is 11.1. The normalized spacial score (nSPS) is 22.9. The lowest BCUT2D eigenvalue weighted by atomic mass is 10.1. The number of nitrogens with zero attached hydrogens (tertiary/aromatic N) is 1. The second kappa shape index (κ2) is 7.56. The van der Waals surface area contributed by atoms with E-state index in [4.69, 9.17) is 13.9 Å². The van der Waals surface area contributed by atoms with Crippen molar-refractivity contribution in [1.82, 2.24) is 4.90 Å². The van der Waals surface area contributed by atoms with Crippen molar-refractivity contribution < 1.29 is 19.0 Å². The Morgan fingerprint density at radius 2 is 2.00 bits per heavy atom. The fraction of sp³-hybridized carbons (Fsp3) is 0.526. The number of aliphatic hydroxyl groups is 1. The van der Waals surface area contributed by atoms with Crippen molar-refractivity contribution >= 4 is 11.0 Å². The van der Waals surface area contributed by atoms with Gasteiger partial charge in [0.1, 0.15) is 24.0 Å². The zero-order valence-corrected chi connectivity index (χ0v) is 14.9. The van der Waals surface area contributed by atoms with Crippen LogP contribution in [0.1, 0.15) is 19.4 Å². The third-order valence-electron chi connectivity index (χ3n) is 4.33. The quantitative estimate of drug-likeness (QED) is 0.834. The lowest BCUT2D eigenvalue weighted by Crippen LogP contribution is -2.48. The van der Waals surface area contributed by atoms with Crippen molar-refractivity contribution in [3.05, 3.63) is 40.2 Å². The van der Waals surface area contributed by atoms with Crippen LogP contribution in [0.5, 0.6) is 5.75 Å². The molecule has 3 atom stereocenters. The van der Waals surface area contributed by atoms with Crippen LogP contribution in [0.4, 0.5) is 0 Å². The predicted octanol–water partition coefficient (Wildman–Crippen LogP) is 1.95. The van der Waals surface area contributed by atoms with Crippen LogP contribution in [-0.2, 0) is 4.74 Å². The van der Waals surface area contributed by atoms with Gasteiger partial charge in [0, 0.05) is 37.2 Å². The van der Waals surface area contributed by atoms with E-state index < -0.39 is 6.10 Å². The summed E-state index contributed by atoms with van der Waals surface area (Å²) >= 11 is 0. The summed E-state index contributed by atoms with van der Waals surface area (Å²) in [5.74, 6) is 0.573. The first-order valence-corrected chi connectivity index (χ1v) is 8.64. The third-order valence-corrected chi connectivity index (χ3v) is 4.33. The molecule has 0 saturated carbocycles. The Kier molecular flexibility index (Phi) is 5.42. The summed E-state index contributed by atoms with van der Waals surface area (Å²) < 4.78 is 16.6. The maximum Gasteiger partial charge on any atom is 0.336 e. The van der Waals surface area contributed by atoms with E-state index in [9.17, 15) is 9.90 Å². The van der Waals surface area contributed by atoms with E-state index in [1.807, 2.05) is 32.9 Å². The van der Waals surface area contributed by atoms with E-state index in [1.54, 1.807) is 6.07 Å². The van der Waals surface area contributed by atoms with Crippen LogP contribution < -0.4 is 10.4 Å². The largest absolute Gasteiger partial charge is 0.491 e. The summed E-state index contributed by atoms with van der Waals surface area (Å²) in [7, 11) is 0. The van der Waals surface area contributed by atoms with Gasteiger partial charge in [-0.25, -0.2) is 4.79 Å². The van der Waals surface area contributed by atoms with E-state index in [0.29, 0.717) is 17.9 Å². The fourth-order valence-corrected chi connectivity index (χ4v) is 3.37. The van der Waals surface area contributed by atoms with Gasteiger partial charge in [0.15, 0.2) is 0 Å². The van der Waals surface area contributed by atoms with Crippen LogP contribution in [0.25, 0.3) is 11.0 Å². The van der Waals surface area contributed by atoms with Gasteiger partial charge in [0.05, 0.1) is 12.2 Å².